The average Bonchev–Trinajstić information content (AvgIpc) is 2.15. The highest BCUT2D eigenvalue weighted by atomic mass is 35.5. The smallest absolute Gasteiger partial charge is 0.383 e. The van der Waals surface area contributed by atoms with Crippen LogP contribution in [0.2, 0.25) is 5.15 Å². The van der Waals surface area contributed by atoms with Crippen molar-refractivity contribution in [2.45, 2.75) is 18.7 Å². The molecule has 0 spiro atoms. The highest BCUT2D eigenvalue weighted by Gasteiger charge is 2.34. The Morgan fingerprint density at radius 3 is 2.41 bits per heavy atom. The van der Waals surface area contributed by atoms with E-state index in [2.05, 4.69) is 4.98 Å². The molecule has 0 aliphatic heterocycles. The molecule has 1 N–H and O–H groups in total. The fourth-order valence-corrected chi connectivity index (χ4v) is 1.71. The minimum atomic E-state index is -4.56. The van der Waals surface area contributed by atoms with E-state index in [0.29, 0.717) is 0 Å². The Balaban J connectivity index is 3.14. The molecule has 0 radical (unpaired) electrons. The molecule has 0 bridgehead atoms. The minimum Gasteiger partial charge on any atom is -0.383 e. The lowest BCUT2D eigenvalue weighted by Crippen LogP contribution is -2.28. The Hall–Kier alpha value is -0.850. The van der Waals surface area contributed by atoms with Gasteiger partial charge in [-0.15, -0.1) is 0 Å². The van der Waals surface area contributed by atoms with Crippen molar-refractivity contribution in [1.82, 2.24) is 4.98 Å². The first-order chi connectivity index (χ1) is 7.68. The maximum Gasteiger partial charge on any atom is 0.433 e. The highest BCUT2D eigenvalue weighted by molar-refractivity contribution is 6.30. The molecule has 0 amide bonds. The van der Waals surface area contributed by atoms with E-state index in [9.17, 15) is 18.3 Å². The van der Waals surface area contributed by atoms with Gasteiger partial charge in [0.25, 0.3) is 0 Å². The largest absolute Gasteiger partial charge is 0.433 e. The quantitative estimate of drug-likeness (QED) is 0.858. The second kappa shape index (κ2) is 4.80. The van der Waals surface area contributed by atoms with Crippen LogP contribution in [0.4, 0.5) is 13.2 Å². The van der Waals surface area contributed by atoms with Crippen molar-refractivity contribution < 1.29 is 23.0 Å². The van der Waals surface area contributed by atoms with Crippen LogP contribution in [0, 0.1) is 0 Å². The van der Waals surface area contributed by atoms with Crippen LogP contribution in [0.5, 0.6) is 0 Å². The van der Waals surface area contributed by atoms with Gasteiger partial charge in [0.2, 0.25) is 0 Å². The molecule has 0 aliphatic carbocycles. The van der Waals surface area contributed by atoms with E-state index in [0.717, 1.165) is 12.1 Å². The summed E-state index contributed by atoms with van der Waals surface area (Å²) < 4.78 is 41.8. The van der Waals surface area contributed by atoms with Gasteiger partial charge in [0, 0.05) is 12.7 Å². The summed E-state index contributed by atoms with van der Waals surface area (Å²) in [5.41, 5.74) is -2.49. The number of hydrogen-bond acceptors (Lipinski definition) is 3. The lowest BCUT2D eigenvalue weighted by molar-refractivity contribution is -0.141. The van der Waals surface area contributed by atoms with E-state index < -0.39 is 17.5 Å². The van der Waals surface area contributed by atoms with Crippen molar-refractivity contribution in [2.24, 2.45) is 0 Å². The average molecular weight is 270 g/mol. The molecule has 17 heavy (non-hydrogen) atoms. The SMILES string of the molecule is COCC(C)(O)c1ccc(C(F)(F)F)nc1Cl. The molecule has 1 aromatic heterocycles. The second-order valence-corrected chi connectivity index (χ2v) is 4.10. The van der Waals surface area contributed by atoms with Crippen molar-refractivity contribution in [1.29, 1.82) is 0 Å². The standard InChI is InChI=1S/C10H11ClF3NO2/c1-9(16,5-17-2)6-3-4-7(10(12,13)14)15-8(6)11/h3-4,16H,5H2,1-2H3. The van der Waals surface area contributed by atoms with Gasteiger partial charge in [-0.05, 0) is 13.0 Å². The van der Waals surface area contributed by atoms with Gasteiger partial charge >= 0.3 is 6.18 Å². The zero-order valence-corrected chi connectivity index (χ0v) is 9.93. The number of hydrogen-bond donors (Lipinski definition) is 1. The summed E-state index contributed by atoms with van der Waals surface area (Å²) in [6, 6.07) is 1.86. The minimum absolute atomic E-state index is 0.0917. The van der Waals surface area contributed by atoms with Crippen molar-refractivity contribution in [2.75, 3.05) is 13.7 Å². The number of halogens is 4. The molecule has 1 unspecified atom stereocenters. The molecule has 3 nitrogen and oxygen atoms in total. The summed E-state index contributed by atoms with van der Waals surface area (Å²) >= 11 is 5.63. The molecule has 1 heterocycles. The summed E-state index contributed by atoms with van der Waals surface area (Å²) in [4.78, 5) is 3.22. The summed E-state index contributed by atoms with van der Waals surface area (Å²) in [5.74, 6) is 0. The number of pyridine rings is 1. The Kier molecular flexibility index (Phi) is 4.01. The Morgan fingerprint density at radius 2 is 2.00 bits per heavy atom. The molecule has 0 aromatic carbocycles. The Morgan fingerprint density at radius 1 is 1.41 bits per heavy atom. The van der Waals surface area contributed by atoms with E-state index in [4.69, 9.17) is 16.3 Å². The lowest BCUT2D eigenvalue weighted by Gasteiger charge is -2.23. The number of aromatic nitrogens is 1. The van der Waals surface area contributed by atoms with Crippen LogP contribution in [0.1, 0.15) is 18.2 Å². The number of alkyl halides is 3. The lowest BCUT2D eigenvalue weighted by atomic mass is 9.98. The molecule has 0 fully saturated rings. The van der Waals surface area contributed by atoms with Crippen LogP contribution < -0.4 is 0 Å². The monoisotopic (exact) mass is 269 g/mol. The Bertz CT molecular complexity index is 407. The van der Waals surface area contributed by atoms with Crippen molar-refractivity contribution in [3.8, 4) is 0 Å². The predicted octanol–water partition coefficient (Wildman–Crippen LogP) is 2.61. The van der Waals surface area contributed by atoms with Crippen LogP contribution in [0.25, 0.3) is 0 Å². The van der Waals surface area contributed by atoms with Gasteiger partial charge < -0.3 is 9.84 Å². The zero-order chi connectivity index (χ0) is 13.3. The molecule has 0 saturated carbocycles. The fourth-order valence-electron chi connectivity index (χ4n) is 1.35. The van der Waals surface area contributed by atoms with Crippen molar-refractivity contribution >= 4 is 11.6 Å². The highest BCUT2D eigenvalue weighted by Crippen LogP contribution is 2.32. The first-order valence-corrected chi connectivity index (χ1v) is 5.02. The Labute approximate surface area is 101 Å². The van der Waals surface area contributed by atoms with Gasteiger partial charge in [-0.3, -0.25) is 0 Å². The van der Waals surface area contributed by atoms with Gasteiger partial charge in [-0.25, -0.2) is 4.98 Å². The molecule has 7 heteroatoms. The van der Waals surface area contributed by atoms with Gasteiger partial charge in [-0.2, -0.15) is 13.2 Å². The molecule has 96 valence electrons. The first kappa shape index (κ1) is 14.2. The topological polar surface area (TPSA) is 42.4 Å². The molecule has 0 saturated heterocycles. The molecule has 0 aliphatic rings. The second-order valence-electron chi connectivity index (χ2n) is 3.74. The van der Waals surface area contributed by atoms with E-state index in [1.54, 1.807) is 0 Å². The number of nitrogens with zero attached hydrogens (tertiary/aromatic N) is 1. The van der Waals surface area contributed by atoms with Crippen LogP contribution in [0.3, 0.4) is 0 Å². The van der Waals surface area contributed by atoms with E-state index in [1.807, 2.05) is 0 Å². The summed E-state index contributed by atoms with van der Waals surface area (Å²) in [6.45, 7) is 1.28. The van der Waals surface area contributed by atoms with Crippen LogP contribution in [-0.2, 0) is 16.5 Å². The van der Waals surface area contributed by atoms with Gasteiger partial charge in [0.1, 0.15) is 16.4 Å². The van der Waals surface area contributed by atoms with Gasteiger partial charge in [-0.1, -0.05) is 17.7 Å². The fraction of sp³-hybridized carbons (Fsp3) is 0.500. The predicted molar refractivity (Wildman–Crippen MR) is 55.7 cm³/mol. The third-order valence-electron chi connectivity index (χ3n) is 2.14. The molecule has 1 rings (SSSR count). The molecule has 1 aromatic rings. The normalized spacial score (nSPS) is 15.7. The molecule has 1 atom stereocenters. The van der Waals surface area contributed by atoms with E-state index >= 15 is 0 Å². The number of rotatable bonds is 3. The van der Waals surface area contributed by atoms with Crippen LogP contribution >= 0.6 is 11.6 Å². The third-order valence-corrected chi connectivity index (χ3v) is 2.43. The van der Waals surface area contributed by atoms with E-state index in [1.165, 1.54) is 14.0 Å². The van der Waals surface area contributed by atoms with Crippen LogP contribution in [0.15, 0.2) is 12.1 Å². The summed E-state index contributed by atoms with van der Waals surface area (Å²) in [5, 5.41) is 9.54. The summed E-state index contributed by atoms with van der Waals surface area (Å²) in [6.07, 6.45) is -4.56. The van der Waals surface area contributed by atoms with Crippen LogP contribution in [-0.4, -0.2) is 23.8 Å². The van der Waals surface area contributed by atoms with E-state index in [-0.39, 0.29) is 17.3 Å². The molecular weight excluding hydrogens is 259 g/mol. The number of methoxy groups -OCH3 is 1. The maximum atomic E-state index is 12.3. The van der Waals surface area contributed by atoms with Gasteiger partial charge in [0.05, 0.1) is 6.61 Å². The summed E-state index contributed by atoms with van der Waals surface area (Å²) in [7, 11) is 1.36. The van der Waals surface area contributed by atoms with Crippen molar-refractivity contribution in [3.63, 3.8) is 0 Å². The third kappa shape index (κ3) is 3.31. The zero-order valence-electron chi connectivity index (χ0n) is 9.18. The molecular formula is C10H11ClF3NO2. The van der Waals surface area contributed by atoms with Gasteiger partial charge in [0.15, 0.2) is 0 Å². The number of aliphatic hydroxyl groups is 1. The van der Waals surface area contributed by atoms with Crippen molar-refractivity contribution in [3.05, 3.63) is 28.5 Å². The first-order valence-electron chi connectivity index (χ1n) is 4.64. The number of ether oxygens (including phenoxy) is 1. The maximum absolute atomic E-state index is 12.3.